The highest BCUT2D eigenvalue weighted by Gasteiger charge is 2.06. The lowest BCUT2D eigenvalue weighted by atomic mass is 10.3. The first kappa shape index (κ1) is 13.8. The van der Waals surface area contributed by atoms with Crippen LogP contribution in [-0.2, 0) is 9.53 Å². The van der Waals surface area contributed by atoms with Crippen LogP contribution in [0.2, 0.25) is 10.0 Å². The number of esters is 1. The molecule has 4 nitrogen and oxygen atoms in total. The van der Waals surface area contributed by atoms with E-state index >= 15 is 0 Å². The lowest BCUT2D eigenvalue weighted by Crippen LogP contribution is -2.15. The van der Waals surface area contributed by atoms with Crippen LogP contribution in [-0.4, -0.2) is 18.3 Å². The van der Waals surface area contributed by atoms with Crippen LogP contribution in [0.3, 0.4) is 0 Å². The number of hydrazone groups is 1. The molecule has 1 rings (SSSR count). The number of nitrogens with one attached hydrogen (secondary N) is 1. The fourth-order valence-corrected chi connectivity index (χ4v) is 1.34. The van der Waals surface area contributed by atoms with Crippen LogP contribution in [0.15, 0.2) is 23.3 Å². The van der Waals surface area contributed by atoms with E-state index in [2.05, 4.69) is 10.5 Å². The third-order valence-electron chi connectivity index (χ3n) is 1.84. The molecule has 0 aliphatic heterocycles. The minimum atomic E-state index is -0.474. The molecule has 0 bridgehead atoms. The van der Waals surface area contributed by atoms with Gasteiger partial charge in [0.15, 0.2) is 0 Å². The van der Waals surface area contributed by atoms with E-state index in [0.717, 1.165) is 0 Å². The zero-order valence-corrected chi connectivity index (χ0v) is 11.0. The van der Waals surface area contributed by atoms with Crippen molar-refractivity contribution < 1.29 is 9.53 Å². The number of anilines is 1. The number of carbonyl (C=O) groups excluding carboxylic acids is 1. The molecule has 0 saturated carbocycles. The van der Waals surface area contributed by atoms with Crippen molar-refractivity contribution in [1.29, 1.82) is 0 Å². The molecule has 1 aromatic rings. The van der Waals surface area contributed by atoms with Crippen LogP contribution in [0.4, 0.5) is 5.69 Å². The smallest absolute Gasteiger partial charge is 0.354 e. The van der Waals surface area contributed by atoms with Gasteiger partial charge in [-0.15, -0.1) is 0 Å². The average Bonchev–Trinajstić information content (AvgIpc) is 2.30. The fourth-order valence-electron chi connectivity index (χ4n) is 1.01. The Hall–Kier alpha value is -1.26. The van der Waals surface area contributed by atoms with Crippen molar-refractivity contribution in [3.63, 3.8) is 0 Å². The number of benzene rings is 1. The molecule has 0 saturated heterocycles. The summed E-state index contributed by atoms with van der Waals surface area (Å²) in [7, 11) is 0. The van der Waals surface area contributed by atoms with Crippen LogP contribution in [0.25, 0.3) is 0 Å². The van der Waals surface area contributed by atoms with E-state index in [-0.39, 0.29) is 5.71 Å². The summed E-state index contributed by atoms with van der Waals surface area (Å²) in [5.41, 5.74) is 3.40. The molecule has 6 heteroatoms. The van der Waals surface area contributed by atoms with Crippen molar-refractivity contribution in [2.75, 3.05) is 12.0 Å². The predicted molar refractivity (Wildman–Crippen MR) is 69.8 cm³/mol. The second-order valence-corrected chi connectivity index (χ2v) is 4.00. The summed E-state index contributed by atoms with van der Waals surface area (Å²) in [6, 6.07) is 4.92. The van der Waals surface area contributed by atoms with E-state index in [9.17, 15) is 4.79 Å². The Balaban J connectivity index is 2.75. The molecule has 0 aliphatic rings. The minimum absolute atomic E-state index is 0.211. The van der Waals surface area contributed by atoms with Gasteiger partial charge in [0.2, 0.25) is 0 Å². The first-order valence-electron chi connectivity index (χ1n) is 4.97. The Labute approximate surface area is 110 Å². The van der Waals surface area contributed by atoms with Crippen molar-refractivity contribution in [3.8, 4) is 0 Å². The Morgan fingerprint density at radius 2 is 2.18 bits per heavy atom. The maximum absolute atomic E-state index is 11.3. The van der Waals surface area contributed by atoms with E-state index in [1.165, 1.54) is 0 Å². The number of carbonyl (C=O) groups is 1. The molecule has 92 valence electrons. The third-order valence-corrected chi connectivity index (χ3v) is 2.41. The molecular formula is C11H12Cl2N2O2. The van der Waals surface area contributed by atoms with Crippen LogP contribution < -0.4 is 5.43 Å². The second-order valence-electron chi connectivity index (χ2n) is 3.15. The highest BCUT2D eigenvalue weighted by molar-refractivity contribution is 6.36. The van der Waals surface area contributed by atoms with Crippen LogP contribution in [0.1, 0.15) is 13.8 Å². The fraction of sp³-hybridized carbons (Fsp3) is 0.273. The van der Waals surface area contributed by atoms with E-state index in [4.69, 9.17) is 27.9 Å². The van der Waals surface area contributed by atoms with Gasteiger partial charge in [-0.1, -0.05) is 23.2 Å². The summed E-state index contributed by atoms with van der Waals surface area (Å²) < 4.78 is 4.78. The lowest BCUT2D eigenvalue weighted by molar-refractivity contribution is -0.135. The maximum Gasteiger partial charge on any atom is 0.354 e. The maximum atomic E-state index is 11.3. The van der Waals surface area contributed by atoms with Gasteiger partial charge < -0.3 is 4.74 Å². The van der Waals surface area contributed by atoms with Gasteiger partial charge in [0, 0.05) is 5.02 Å². The molecule has 0 spiro atoms. The summed E-state index contributed by atoms with van der Waals surface area (Å²) in [5, 5.41) is 4.86. The van der Waals surface area contributed by atoms with Gasteiger partial charge in [-0.05, 0) is 32.0 Å². The molecule has 1 aromatic carbocycles. The number of rotatable bonds is 4. The molecule has 17 heavy (non-hydrogen) atoms. The molecule has 0 atom stereocenters. The standard InChI is InChI=1S/C11H12Cl2N2O2/c1-3-17-11(16)7(2)14-15-10-6-8(12)4-5-9(10)13/h4-6,15H,3H2,1-2H3. The van der Waals surface area contributed by atoms with Gasteiger partial charge in [0.25, 0.3) is 0 Å². The van der Waals surface area contributed by atoms with Gasteiger partial charge in [0.05, 0.1) is 17.3 Å². The third kappa shape index (κ3) is 4.24. The lowest BCUT2D eigenvalue weighted by Gasteiger charge is -2.05. The Bertz CT molecular complexity index is 447. The molecule has 0 fully saturated rings. The van der Waals surface area contributed by atoms with Gasteiger partial charge in [0.1, 0.15) is 5.71 Å². The zero-order valence-electron chi connectivity index (χ0n) is 9.46. The Kier molecular flexibility index (Phi) is 5.25. The molecule has 0 aliphatic carbocycles. The predicted octanol–water partition coefficient (Wildman–Crippen LogP) is 3.34. The minimum Gasteiger partial charge on any atom is -0.461 e. The Morgan fingerprint density at radius 3 is 2.82 bits per heavy atom. The number of halogens is 2. The highest BCUT2D eigenvalue weighted by atomic mass is 35.5. The largest absolute Gasteiger partial charge is 0.461 e. The van der Waals surface area contributed by atoms with E-state index in [1.807, 2.05) is 0 Å². The van der Waals surface area contributed by atoms with Gasteiger partial charge in [-0.3, -0.25) is 5.43 Å². The van der Waals surface area contributed by atoms with Crippen molar-refractivity contribution in [2.24, 2.45) is 5.10 Å². The van der Waals surface area contributed by atoms with Crippen molar-refractivity contribution >= 4 is 40.6 Å². The molecule has 0 amide bonds. The average molecular weight is 275 g/mol. The highest BCUT2D eigenvalue weighted by Crippen LogP contribution is 2.25. The van der Waals surface area contributed by atoms with Gasteiger partial charge in [-0.25, -0.2) is 4.79 Å². The van der Waals surface area contributed by atoms with Crippen LogP contribution in [0, 0.1) is 0 Å². The summed E-state index contributed by atoms with van der Waals surface area (Å²) in [6.07, 6.45) is 0. The first-order valence-corrected chi connectivity index (χ1v) is 5.72. The first-order chi connectivity index (χ1) is 8.04. The summed E-state index contributed by atoms with van der Waals surface area (Å²) in [6.45, 7) is 3.58. The van der Waals surface area contributed by atoms with Gasteiger partial charge in [-0.2, -0.15) is 5.10 Å². The van der Waals surface area contributed by atoms with E-state index in [0.29, 0.717) is 22.3 Å². The van der Waals surface area contributed by atoms with Crippen molar-refractivity contribution in [1.82, 2.24) is 0 Å². The molecule has 1 N–H and O–H groups in total. The topological polar surface area (TPSA) is 50.7 Å². The second kappa shape index (κ2) is 6.47. The summed E-state index contributed by atoms with van der Waals surface area (Å²) >= 11 is 11.7. The monoisotopic (exact) mass is 274 g/mol. The number of hydrogen-bond donors (Lipinski definition) is 1. The Morgan fingerprint density at radius 1 is 1.47 bits per heavy atom. The van der Waals surface area contributed by atoms with Crippen LogP contribution >= 0.6 is 23.2 Å². The quantitative estimate of drug-likeness (QED) is 0.521. The van der Waals surface area contributed by atoms with E-state index in [1.54, 1.807) is 32.0 Å². The molecule has 0 unspecified atom stereocenters. The number of nitrogens with zero attached hydrogens (tertiary/aromatic N) is 1. The van der Waals surface area contributed by atoms with Crippen LogP contribution in [0.5, 0.6) is 0 Å². The normalized spacial score (nSPS) is 11.2. The molecule has 0 aromatic heterocycles. The van der Waals surface area contributed by atoms with Crippen molar-refractivity contribution in [2.45, 2.75) is 13.8 Å². The van der Waals surface area contributed by atoms with E-state index < -0.39 is 5.97 Å². The zero-order chi connectivity index (χ0) is 12.8. The summed E-state index contributed by atoms with van der Waals surface area (Å²) in [5.74, 6) is -0.474. The SMILES string of the molecule is CCOC(=O)C(C)=NNc1cc(Cl)ccc1Cl. The molecular weight excluding hydrogens is 263 g/mol. The summed E-state index contributed by atoms with van der Waals surface area (Å²) in [4.78, 5) is 11.3. The number of ether oxygens (including phenoxy) is 1. The van der Waals surface area contributed by atoms with Crippen molar-refractivity contribution in [3.05, 3.63) is 28.2 Å². The van der Waals surface area contributed by atoms with Gasteiger partial charge >= 0.3 is 5.97 Å². The number of hydrogen-bond acceptors (Lipinski definition) is 4. The molecule has 0 heterocycles. The molecule has 0 radical (unpaired) electrons.